The van der Waals surface area contributed by atoms with E-state index in [0.717, 1.165) is 25.1 Å². The van der Waals surface area contributed by atoms with Crippen LogP contribution in [0, 0.1) is 5.82 Å². The van der Waals surface area contributed by atoms with E-state index in [-0.39, 0.29) is 11.6 Å². The number of halogens is 2. The fourth-order valence-corrected chi connectivity index (χ4v) is 3.26. The Bertz CT molecular complexity index is 499. The molecule has 1 atom stereocenters. The summed E-state index contributed by atoms with van der Waals surface area (Å²) in [5.41, 5.74) is 0.472. The third kappa shape index (κ3) is 3.12. The Hall–Kier alpha value is -0.740. The molecule has 1 heterocycles. The fourth-order valence-electron chi connectivity index (χ4n) is 2.83. The highest BCUT2D eigenvalue weighted by molar-refractivity contribution is 9.10. The molecule has 1 aromatic carbocycles. The third-order valence-electron chi connectivity index (χ3n) is 4.44. The van der Waals surface area contributed by atoms with Gasteiger partial charge in [0.2, 0.25) is 0 Å². The quantitative estimate of drug-likeness (QED) is 0.807. The van der Waals surface area contributed by atoms with E-state index in [1.54, 1.807) is 12.1 Å². The summed E-state index contributed by atoms with van der Waals surface area (Å²) >= 11 is 3.17. The van der Waals surface area contributed by atoms with Gasteiger partial charge in [0.05, 0.1) is 10.0 Å². The van der Waals surface area contributed by atoms with Crippen molar-refractivity contribution in [1.29, 1.82) is 0 Å². The normalized spacial score (nSPS) is 19.0. The lowest BCUT2D eigenvalue weighted by Crippen LogP contribution is -2.51. The molecule has 0 amide bonds. The summed E-state index contributed by atoms with van der Waals surface area (Å²) < 4.78 is 13.7. The van der Waals surface area contributed by atoms with E-state index in [0.29, 0.717) is 10.9 Å². The SMILES string of the molecule is CCC(C)(C(=O)Cc1ccc(F)c(Br)c1)N1CCCC1. The predicted octanol–water partition coefficient (Wildman–Crippen LogP) is 3.96. The molecule has 0 radical (unpaired) electrons. The van der Waals surface area contributed by atoms with Crippen LogP contribution in [0.5, 0.6) is 0 Å². The summed E-state index contributed by atoms with van der Waals surface area (Å²) in [6.07, 6.45) is 3.52. The molecule has 2 nitrogen and oxygen atoms in total. The van der Waals surface area contributed by atoms with Gasteiger partial charge in [-0.15, -0.1) is 0 Å². The Labute approximate surface area is 128 Å². The average Bonchev–Trinajstić information content (AvgIpc) is 2.96. The molecule has 0 N–H and O–H groups in total. The first kappa shape index (κ1) is 15.6. The zero-order valence-corrected chi connectivity index (χ0v) is 13.7. The van der Waals surface area contributed by atoms with Crippen LogP contribution in [-0.2, 0) is 11.2 Å². The summed E-state index contributed by atoms with van der Waals surface area (Å²) in [5, 5.41) is 0. The van der Waals surface area contributed by atoms with E-state index >= 15 is 0 Å². The molecular weight excluding hydrogens is 321 g/mol. The van der Waals surface area contributed by atoms with Crippen molar-refractivity contribution in [3.8, 4) is 0 Å². The maximum atomic E-state index is 13.2. The molecule has 0 spiro atoms. The summed E-state index contributed by atoms with van der Waals surface area (Å²) in [7, 11) is 0. The smallest absolute Gasteiger partial charge is 0.157 e. The number of likely N-dealkylation sites (tertiary alicyclic amines) is 1. The number of rotatable bonds is 5. The highest BCUT2D eigenvalue weighted by atomic mass is 79.9. The lowest BCUT2D eigenvalue weighted by molar-refractivity contribution is -0.129. The van der Waals surface area contributed by atoms with Crippen LogP contribution in [0.3, 0.4) is 0 Å². The molecule has 1 fully saturated rings. The van der Waals surface area contributed by atoms with Crippen molar-refractivity contribution >= 4 is 21.7 Å². The number of hydrogen-bond acceptors (Lipinski definition) is 2. The minimum Gasteiger partial charge on any atom is -0.297 e. The highest BCUT2D eigenvalue weighted by Gasteiger charge is 2.38. The number of carbonyl (C=O) groups excluding carboxylic acids is 1. The van der Waals surface area contributed by atoms with Gasteiger partial charge in [0, 0.05) is 6.42 Å². The van der Waals surface area contributed by atoms with Crippen molar-refractivity contribution in [3.63, 3.8) is 0 Å². The Kier molecular flexibility index (Phi) is 4.97. The first-order valence-electron chi connectivity index (χ1n) is 7.19. The summed E-state index contributed by atoms with van der Waals surface area (Å²) in [5.74, 6) is -0.0700. The molecule has 1 saturated heterocycles. The Morgan fingerprint density at radius 2 is 2.05 bits per heavy atom. The number of Topliss-reactive ketones (excluding diaryl/α,β-unsaturated/α-hetero) is 1. The first-order chi connectivity index (χ1) is 9.47. The summed E-state index contributed by atoms with van der Waals surface area (Å²) in [6.45, 7) is 6.11. The van der Waals surface area contributed by atoms with Crippen molar-refractivity contribution in [2.75, 3.05) is 13.1 Å². The predicted molar refractivity (Wildman–Crippen MR) is 82.3 cm³/mol. The van der Waals surface area contributed by atoms with Crippen molar-refractivity contribution in [2.24, 2.45) is 0 Å². The number of nitrogens with zero attached hydrogens (tertiary/aromatic N) is 1. The van der Waals surface area contributed by atoms with Crippen LogP contribution in [0.4, 0.5) is 4.39 Å². The number of hydrogen-bond donors (Lipinski definition) is 0. The number of carbonyl (C=O) groups is 1. The van der Waals surface area contributed by atoms with Gasteiger partial charge in [0.1, 0.15) is 5.82 Å². The van der Waals surface area contributed by atoms with Gasteiger partial charge in [-0.05, 0) is 72.9 Å². The van der Waals surface area contributed by atoms with Gasteiger partial charge >= 0.3 is 0 Å². The Balaban J connectivity index is 2.14. The van der Waals surface area contributed by atoms with Gasteiger partial charge in [-0.25, -0.2) is 4.39 Å². The maximum absolute atomic E-state index is 13.2. The van der Waals surface area contributed by atoms with Crippen LogP contribution >= 0.6 is 15.9 Å². The molecule has 0 saturated carbocycles. The Morgan fingerprint density at radius 3 is 2.60 bits per heavy atom. The van der Waals surface area contributed by atoms with Crippen LogP contribution in [0.1, 0.15) is 38.7 Å². The molecule has 1 aliphatic heterocycles. The van der Waals surface area contributed by atoms with Gasteiger partial charge in [-0.3, -0.25) is 9.69 Å². The second-order valence-electron chi connectivity index (χ2n) is 5.67. The van der Waals surface area contributed by atoms with E-state index in [2.05, 4.69) is 27.8 Å². The molecule has 0 bridgehead atoms. The summed E-state index contributed by atoms with van der Waals surface area (Å²) in [4.78, 5) is 15.0. The standard InChI is InChI=1S/C16H21BrFNO/c1-3-16(2,19-8-4-5-9-19)15(20)11-12-6-7-14(18)13(17)10-12/h6-7,10H,3-5,8-9,11H2,1-2H3. The van der Waals surface area contributed by atoms with Gasteiger partial charge in [0.15, 0.2) is 5.78 Å². The van der Waals surface area contributed by atoms with E-state index in [1.807, 2.05) is 6.92 Å². The van der Waals surface area contributed by atoms with Crippen molar-refractivity contribution < 1.29 is 9.18 Å². The van der Waals surface area contributed by atoms with Crippen LogP contribution in [0.25, 0.3) is 0 Å². The topological polar surface area (TPSA) is 20.3 Å². The van der Waals surface area contributed by atoms with Crippen LogP contribution < -0.4 is 0 Å². The van der Waals surface area contributed by atoms with Crippen molar-refractivity contribution in [1.82, 2.24) is 4.90 Å². The van der Waals surface area contributed by atoms with Crippen molar-refractivity contribution in [3.05, 3.63) is 34.1 Å². The second kappa shape index (κ2) is 6.35. The zero-order chi connectivity index (χ0) is 14.8. The zero-order valence-electron chi connectivity index (χ0n) is 12.1. The maximum Gasteiger partial charge on any atom is 0.157 e. The minimum absolute atomic E-state index is 0.223. The molecule has 4 heteroatoms. The lowest BCUT2D eigenvalue weighted by atomic mass is 9.87. The largest absolute Gasteiger partial charge is 0.297 e. The minimum atomic E-state index is -0.392. The van der Waals surface area contributed by atoms with Gasteiger partial charge in [0.25, 0.3) is 0 Å². The first-order valence-corrected chi connectivity index (χ1v) is 7.99. The van der Waals surface area contributed by atoms with Gasteiger partial charge in [-0.1, -0.05) is 13.0 Å². The van der Waals surface area contributed by atoms with E-state index in [4.69, 9.17) is 0 Å². The molecular formula is C16H21BrFNO. The molecule has 1 unspecified atom stereocenters. The molecule has 1 aromatic rings. The van der Waals surface area contributed by atoms with Crippen LogP contribution in [0.2, 0.25) is 0 Å². The highest BCUT2D eigenvalue weighted by Crippen LogP contribution is 2.27. The number of ketones is 1. The molecule has 0 aliphatic carbocycles. The van der Waals surface area contributed by atoms with E-state index in [1.165, 1.54) is 18.9 Å². The monoisotopic (exact) mass is 341 g/mol. The van der Waals surface area contributed by atoms with Gasteiger partial charge < -0.3 is 0 Å². The van der Waals surface area contributed by atoms with Gasteiger partial charge in [-0.2, -0.15) is 0 Å². The third-order valence-corrected chi connectivity index (χ3v) is 5.05. The van der Waals surface area contributed by atoms with Crippen molar-refractivity contribution in [2.45, 2.75) is 45.1 Å². The molecule has 110 valence electrons. The van der Waals surface area contributed by atoms with E-state index in [9.17, 15) is 9.18 Å². The molecule has 20 heavy (non-hydrogen) atoms. The molecule has 1 aliphatic rings. The van der Waals surface area contributed by atoms with E-state index < -0.39 is 5.54 Å². The Morgan fingerprint density at radius 1 is 1.40 bits per heavy atom. The average molecular weight is 342 g/mol. The lowest BCUT2D eigenvalue weighted by Gasteiger charge is -2.36. The molecule has 0 aromatic heterocycles. The number of benzene rings is 1. The summed E-state index contributed by atoms with van der Waals surface area (Å²) in [6, 6.07) is 4.80. The van der Waals surface area contributed by atoms with Crippen LogP contribution in [-0.4, -0.2) is 29.3 Å². The second-order valence-corrected chi connectivity index (χ2v) is 6.52. The fraction of sp³-hybridized carbons (Fsp3) is 0.562. The molecule has 2 rings (SSSR count). The van der Waals surface area contributed by atoms with Crippen LogP contribution in [0.15, 0.2) is 22.7 Å².